The van der Waals surface area contributed by atoms with Crippen molar-refractivity contribution < 1.29 is 0 Å². The predicted molar refractivity (Wildman–Crippen MR) is 91.0 cm³/mol. The summed E-state index contributed by atoms with van der Waals surface area (Å²) in [6, 6.07) is 4.03. The first-order valence-corrected chi connectivity index (χ1v) is 8.67. The standard InChI is InChI=1S/C16H19N5OS/c1-2-20-4-6-21(7-5-20)15-13(10-17)16(22)19-14(18-15)9-12-3-8-23-11-12/h3,8,11H,2,4-7,9H2,1H3,(H,18,19,22). The minimum atomic E-state index is -0.347. The van der Waals surface area contributed by atoms with Crippen LogP contribution in [0, 0.1) is 11.3 Å². The first kappa shape index (κ1) is 15.7. The van der Waals surface area contributed by atoms with E-state index in [0.29, 0.717) is 18.1 Å². The van der Waals surface area contributed by atoms with E-state index in [1.165, 1.54) is 0 Å². The molecule has 0 aliphatic carbocycles. The van der Waals surface area contributed by atoms with E-state index < -0.39 is 0 Å². The average Bonchev–Trinajstić information content (AvgIpc) is 3.07. The zero-order valence-corrected chi connectivity index (χ0v) is 13.9. The fraction of sp³-hybridized carbons (Fsp3) is 0.438. The number of piperazine rings is 1. The highest BCUT2D eigenvalue weighted by atomic mass is 32.1. The third kappa shape index (κ3) is 3.44. The molecule has 23 heavy (non-hydrogen) atoms. The lowest BCUT2D eigenvalue weighted by Crippen LogP contribution is -2.47. The third-order valence-electron chi connectivity index (χ3n) is 4.13. The van der Waals surface area contributed by atoms with Crippen LogP contribution in [-0.4, -0.2) is 47.6 Å². The maximum absolute atomic E-state index is 12.2. The zero-order valence-electron chi connectivity index (χ0n) is 13.1. The normalized spacial score (nSPS) is 15.6. The second kappa shape index (κ2) is 6.94. The SMILES string of the molecule is CCN1CCN(c2nc(Cc3ccsc3)[nH]c(=O)c2C#N)CC1. The van der Waals surface area contributed by atoms with Gasteiger partial charge in [0.25, 0.3) is 5.56 Å². The molecule has 0 unspecified atom stereocenters. The molecule has 0 amide bonds. The van der Waals surface area contributed by atoms with Crippen molar-refractivity contribution in [1.29, 1.82) is 5.26 Å². The molecule has 7 heteroatoms. The Morgan fingerprint density at radius 3 is 2.78 bits per heavy atom. The van der Waals surface area contributed by atoms with E-state index in [1.54, 1.807) is 11.3 Å². The van der Waals surface area contributed by atoms with Crippen LogP contribution in [0.4, 0.5) is 5.82 Å². The van der Waals surface area contributed by atoms with Gasteiger partial charge in [0.2, 0.25) is 0 Å². The number of nitriles is 1. The number of hydrogen-bond donors (Lipinski definition) is 1. The molecule has 0 aromatic carbocycles. The minimum Gasteiger partial charge on any atom is -0.353 e. The van der Waals surface area contributed by atoms with Gasteiger partial charge in [0.15, 0.2) is 11.4 Å². The van der Waals surface area contributed by atoms with E-state index in [9.17, 15) is 10.1 Å². The second-order valence-corrected chi connectivity index (χ2v) is 6.33. The molecule has 0 radical (unpaired) electrons. The monoisotopic (exact) mass is 329 g/mol. The molecule has 3 rings (SSSR count). The van der Waals surface area contributed by atoms with Crippen molar-refractivity contribution in [2.75, 3.05) is 37.6 Å². The lowest BCUT2D eigenvalue weighted by atomic mass is 10.2. The summed E-state index contributed by atoms with van der Waals surface area (Å²) in [6.07, 6.45) is 0.576. The summed E-state index contributed by atoms with van der Waals surface area (Å²) in [7, 11) is 0. The first-order valence-electron chi connectivity index (χ1n) is 7.73. The topological polar surface area (TPSA) is 76.0 Å². The van der Waals surface area contributed by atoms with Crippen LogP contribution in [0.2, 0.25) is 0 Å². The third-order valence-corrected chi connectivity index (χ3v) is 4.86. The van der Waals surface area contributed by atoms with Crippen molar-refractivity contribution in [3.8, 4) is 6.07 Å². The minimum absolute atomic E-state index is 0.115. The van der Waals surface area contributed by atoms with E-state index in [1.807, 2.05) is 22.9 Å². The van der Waals surface area contributed by atoms with Gasteiger partial charge in [0.05, 0.1) is 0 Å². The van der Waals surface area contributed by atoms with Crippen LogP contribution in [0.25, 0.3) is 0 Å². The van der Waals surface area contributed by atoms with Crippen LogP contribution in [0.1, 0.15) is 23.9 Å². The van der Waals surface area contributed by atoms with Crippen molar-refractivity contribution in [2.24, 2.45) is 0 Å². The molecule has 0 bridgehead atoms. The number of rotatable bonds is 4. The average molecular weight is 329 g/mol. The highest BCUT2D eigenvalue weighted by molar-refractivity contribution is 7.07. The molecule has 1 fully saturated rings. The van der Waals surface area contributed by atoms with Crippen LogP contribution in [0.15, 0.2) is 21.6 Å². The van der Waals surface area contributed by atoms with Crippen molar-refractivity contribution in [3.05, 3.63) is 44.1 Å². The maximum Gasteiger partial charge on any atom is 0.271 e. The number of nitrogens with one attached hydrogen (secondary N) is 1. The molecule has 0 saturated carbocycles. The summed E-state index contributed by atoms with van der Waals surface area (Å²) < 4.78 is 0. The fourth-order valence-corrected chi connectivity index (χ4v) is 3.45. The van der Waals surface area contributed by atoms with E-state index >= 15 is 0 Å². The Balaban J connectivity index is 1.90. The fourth-order valence-electron chi connectivity index (χ4n) is 2.78. The number of aromatic nitrogens is 2. The molecule has 2 aromatic heterocycles. The van der Waals surface area contributed by atoms with Gasteiger partial charge in [-0.1, -0.05) is 6.92 Å². The van der Waals surface area contributed by atoms with Crippen LogP contribution < -0.4 is 10.5 Å². The molecular formula is C16H19N5OS. The van der Waals surface area contributed by atoms with Crippen molar-refractivity contribution in [3.63, 3.8) is 0 Å². The van der Waals surface area contributed by atoms with Gasteiger partial charge in [0.1, 0.15) is 11.9 Å². The summed E-state index contributed by atoms with van der Waals surface area (Å²) in [6.45, 7) is 6.59. The van der Waals surface area contributed by atoms with Crippen molar-refractivity contribution >= 4 is 17.2 Å². The smallest absolute Gasteiger partial charge is 0.271 e. The number of likely N-dealkylation sites (N-methyl/N-ethyl adjacent to an activating group) is 1. The molecule has 6 nitrogen and oxygen atoms in total. The van der Waals surface area contributed by atoms with Gasteiger partial charge in [-0.25, -0.2) is 4.98 Å². The number of thiophene rings is 1. The predicted octanol–water partition coefficient (Wildman–Crippen LogP) is 1.44. The van der Waals surface area contributed by atoms with E-state index in [-0.39, 0.29) is 11.1 Å². The molecule has 0 atom stereocenters. The van der Waals surface area contributed by atoms with Gasteiger partial charge in [0, 0.05) is 32.6 Å². The summed E-state index contributed by atoms with van der Waals surface area (Å²) in [5.41, 5.74) is 0.884. The van der Waals surface area contributed by atoms with Crippen LogP contribution in [-0.2, 0) is 6.42 Å². The Morgan fingerprint density at radius 1 is 1.39 bits per heavy atom. The lowest BCUT2D eigenvalue weighted by molar-refractivity contribution is 0.270. The molecule has 1 aliphatic rings. The molecule has 120 valence electrons. The Kier molecular flexibility index (Phi) is 4.74. The number of aromatic amines is 1. The summed E-state index contributed by atoms with van der Waals surface area (Å²) in [4.78, 5) is 24.0. The molecule has 1 saturated heterocycles. The van der Waals surface area contributed by atoms with E-state index in [2.05, 4.69) is 26.7 Å². The van der Waals surface area contributed by atoms with E-state index in [0.717, 1.165) is 38.3 Å². The molecule has 3 heterocycles. The van der Waals surface area contributed by atoms with Gasteiger partial charge in [-0.15, -0.1) is 0 Å². The van der Waals surface area contributed by atoms with Gasteiger partial charge in [-0.3, -0.25) is 4.79 Å². The highest BCUT2D eigenvalue weighted by Gasteiger charge is 2.22. The molecular weight excluding hydrogens is 310 g/mol. The van der Waals surface area contributed by atoms with Gasteiger partial charge in [-0.2, -0.15) is 16.6 Å². The lowest BCUT2D eigenvalue weighted by Gasteiger charge is -2.35. The molecule has 2 aromatic rings. The Hall–Kier alpha value is -2.17. The number of anilines is 1. The summed E-state index contributed by atoms with van der Waals surface area (Å²) >= 11 is 1.62. The molecule has 1 N–H and O–H groups in total. The van der Waals surface area contributed by atoms with Gasteiger partial charge >= 0.3 is 0 Å². The zero-order chi connectivity index (χ0) is 16.2. The van der Waals surface area contributed by atoms with E-state index in [4.69, 9.17) is 0 Å². The number of hydrogen-bond acceptors (Lipinski definition) is 6. The first-order chi connectivity index (χ1) is 11.2. The van der Waals surface area contributed by atoms with Crippen LogP contribution in [0.3, 0.4) is 0 Å². The largest absolute Gasteiger partial charge is 0.353 e. The highest BCUT2D eigenvalue weighted by Crippen LogP contribution is 2.18. The quantitative estimate of drug-likeness (QED) is 0.918. The Morgan fingerprint density at radius 2 is 2.17 bits per heavy atom. The Labute approximate surface area is 139 Å². The van der Waals surface area contributed by atoms with Gasteiger partial charge in [-0.05, 0) is 28.9 Å². The number of nitrogens with zero attached hydrogens (tertiary/aromatic N) is 4. The summed E-state index contributed by atoms with van der Waals surface area (Å²) in [5.74, 6) is 1.14. The van der Waals surface area contributed by atoms with Crippen LogP contribution >= 0.6 is 11.3 Å². The van der Waals surface area contributed by atoms with Crippen molar-refractivity contribution in [2.45, 2.75) is 13.3 Å². The second-order valence-electron chi connectivity index (χ2n) is 5.55. The summed E-state index contributed by atoms with van der Waals surface area (Å²) in [5, 5.41) is 13.4. The Bertz CT molecular complexity index is 754. The van der Waals surface area contributed by atoms with Crippen LogP contribution in [0.5, 0.6) is 0 Å². The number of H-pyrrole nitrogens is 1. The maximum atomic E-state index is 12.2. The van der Waals surface area contributed by atoms with Crippen molar-refractivity contribution in [1.82, 2.24) is 14.9 Å². The molecule has 0 spiro atoms. The van der Waals surface area contributed by atoms with Gasteiger partial charge < -0.3 is 14.8 Å². The molecule has 1 aliphatic heterocycles.